The Morgan fingerprint density at radius 3 is 2.44 bits per heavy atom. The second kappa shape index (κ2) is 10.7. The average molecular weight is 559 g/mol. The normalized spacial score (nSPS) is 15.1. The molecule has 3 aromatic carbocycles. The second-order valence-corrected chi connectivity index (χ2v) is 11.2. The zero-order chi connectivity index (χ0) is 28.7. The van der Waals surface area contributed by atoms with E-state index < -0.39 is 6.04 Å². The van der Waals surface area contributed by atoms with Gasteiger partial charge in [0.15, 0.2) is 4.80 Å². The van der Waals surface area contributed by atoms with Crippen LogP contribution in [0.4, 0.5) is 5.69 Å². The molecule has 1 N–H and O–H groups in total. The predicted octanol–water partition coefficient (Wildman–Crippen LogP) is 5.63. The van der Waals surface area contributed by atoms with E-state index in [-0.39, 0.29) is 11.5 Å². The number of carbonyl (C=O) groups is 1. The zero-order valence-electron chi connectivity index (χ0n) is 23.2. The van der Waals surface area contributed by atoms with Crippen molar-refractivity contribution in [3.8, 4) is 0 Å². The fourth-order valence-corrected chi connectivity index (χ4v) is 6.56. The first-order valence-corrected chi connectivity index (χ1v) is 14.3. The molecule has 1 amide bonds. The third kappa shape index (κ3) is 4.68. The van der Waals surface area contributed by atoms with E-state index >= 15 is 0 Å². The van der Waals surface area contributed by atoms with E-state index in [1.165, 1.54) is 11.3 Å². The SMILES string of the molecule is C=CCn1c(C)c(/C=c2/sc3n(c2=O)C(c2ccc(C)cc2)C(C(=O)Nc2ccccc2)=C(C)N=3)c2ccccc21. The van der Waals surface area contributed by atoms with Crippen LogP contribution in [0.2, 0.25) is 0 Å². The van der Waals surface area contributed by atoms with E-state index in [9.17, 15) is 9.59 Å². The summed E-state index contributed by atoms with van der Waals surface area (Å²) in [6, 6.07) is 24.9. The van der Waals surface area contributed by atoms with Gasteiger partial charge in [-0.2, -0.15) is 0 Å². The van der Waals surface area contributed by atoms with Crippen molar-refractivity contribution in [3.63, 3.8) is 0 Å². The largest absolute Gasteiger partial charge is 0.340 e. The highest BCUT2D eigenvalue weighted by atomic mass is 32.1. The van der Waals surface area contributed by atoms with Crippen LogP contribution in [0.25, 0.3) is 17.0 Å². The van der Waals surface area contributed by atoms with Gasteiger partial charge in [-0.1, -0.05) is 83.6 Å². The van der Waals surface area contributed by atoms with Crippen molar-refractivity contribution >= 4 is 39.9 Å². The van der Waals surface area contributed by atoms with Gasteiger partial charge in [-0.3, -0.25) is 14.2 Å². The zero-order valence-corrected chi connectivity index (χ0v) is 24.0. The maximum absolute atomic E-state index is 14.2. The van der Waals surface area contributed by atoms with Gasteiger partial charge in [-0.05, 0) is 50.6 Å². The Bertz CT molecular complexity index is 2030. The standard InChI is InChI=1S/C34H30N4O2S/c1-5-19-37-23(4)27(26-13-9-10-14-28(26)37)20-29-33(40)38-31(24-17-15-21(2)16-18-24)30(22(3)35-34(38)41-29)32(39)36-25-11-7-6-8-12-25/h5-18,20,31H,1,19H2,2-4H3,(H,36,39)/b29-20+. The molecule has 1 atom stereocenters. The first-order chi connectivity index (χ1) is 19.9. The summed E-state index contributed by atoms with van der Waals surface area (Å²) in [7, 11) is 0. The van der Waals surface area contributed by atoms with Crippen LogP contribution in [0.3, 0.4) is 0 Å². The van der Waals surface area contributed by atoms with Gasteiger partial charge in [0.25, 0.3) is 11.5 Å². The van der Waals surface area contributed by atoms with Gasteiger partial charge in [-0.25, -0.2) is 4.99 Å². The fraction of sp³-hybridized carbons (Fsp3) is 0.147. The highest BCUT2D eigenvalue weighted by molar-refractivity contribution is 7.07. The van der Waals surface area contributed by atoms with Crippen LogP contribution in [0.1, 0.15) is 35.3 Å². The Labute approximate surface area is 241 Å². The third-order valence-electron chi connectivity index (χ3n) is 7.56. The van der Waals surface area contributed by atoms with E-state index in [2.05, 4.69) is 35.5 Å². The van der Waals surface area contributed by atoms with Crippen LogP contribution < -0.4 is 20.2 Å². The second-order valence-electron chi connectivity index (χ2n) is 10.2. The summed E-state index contributed by atoms with van der Waals surface area (Å²) in [5, 5.41) is 4.08. The molecule has 0 saturated heterocycles. The van der Waals surface area contributed by atoms with Crippen LogP contribution in [0, 0.1) is 13.8 Å². The van der Waals surface area contributed by atoms with Gasteiger partial charge in [0.1, 0.15) is 0 Å². The van der Waals surface area contributed by atoms with Gasteiger partial charge >= 0.3 is 0 Å². The van der Waals surface area contributed by atoms with E-state index in [0.717, 1.165) is 33.3 Å². The molecule has 6 rings (SSSR count). The Balaban J connectivity index is 1.55. The van der Waals surface area contributed by atoms with Gasteiger partial charge in [0.05, 0.1) is 21.8 Å². The Morgan fingerprint density at radius 1 is 1.00 bits per heavy atom. The number of benzene rings is 3. The third-order valence-corrected chi connectivity index (χ3v) is 8.54. The number of allylic oxidation sites excluding steroid dienone is 2. The van der Waals surface area contributed by atoms with Crippen LogP contribution in [0.5, 0.6) is 0 Å². The predicted molar refractivity (Wildman–Crippen MR) is 167 cm³/mol. The number of rotatable bonds is 6. The first kappa shape index (κ1) is 26.5. The van der Waals surface area contributed by atoms with Gasteiger partial charge in [-0.15, -0.1) is 6.58 Å². The van der Waals surface area contributed by atoms with Crippen LogP contribution in [-0.2, 0) is 11.3 Å². The van der Waals surface area contributed by atoms with Crippen LogP contribution in [-0.4, -0.2) is 15.0 Å². The molecule has 2 aromatic heterocycles. The number of carbonyl (C=O) groups excluding carboxylic acids is 1. The van der Waals surface area contributed by atoms with Gasteiger partial charge < -0.3 is 9.88 Å². The molecule has 0 spiro atoms. The fourth-order valence-electron chi connectivity index (χ4n) is 5.53. The molecule has 0 fully saturated rings. The maximum Gasteiger partial charge on any atom is 0.271 e. The summed E-state index contributed by atoms with van der Waals surface area (Å²) in [5.74, 6) is -0.277. The van der Waals surface area contributed by atoms with E-state index in [4.69, 9.17) is 4.99 Å². The van der Waals surface area contributed by atoms with E-state index in [0.29, 0.717) is 32.8 Å². The minimum Gasteiger partial charge on any atom is -0.340 e. The highest BCUT2D eigenvalue weighted by Crippen LogP contribution is 2.31. The van der Waals surface area contributed by atoms with E-state index in [1.807, 2.05) is 92.7 Å². The van der Waals surface area contributed by atoms with Gasteiger partial charge in [0, 0.05) is 34.4 Å². The molecule has 0 saturated carbocycles. The molecule has 7 heteroatoms. The summed E-state index contributed by atoms with van der Waals surface area (Å²) in [6.07, 6.45) is 3.85. The molecule has 5 aromatic rings. The highest BCUT2D eigenvalue weighted by Gasteiger charge is 2.32. The number of hydrogen-bond acceptors (Lipinski definition) is 4. The first-order valence-electron chi connectivity index (χ1n) is 13.5. The molecule has 0 aliphatic carbocycles. The molecule has 1 aliphatic rings. The van der Waals surface area contributed by atoms with Crippen molar-refractivity contribution < 1.29 is 4.79 Å². The quantitative estimate of drug-likeness (QED) is 0.275. The molecule has 1 unspecified atom stereocenters. The molecule has 0 bridgehead atoms. The Kier molecular flexibility index (Phi) is 6.89. The number of aryl methyl sites for hydroxylation is 1. The number of amides is 1. The van der Waals surface area contributed by atoms with Crippen molar-refractivity contribution in [2.75, 3.05) is 5.32 Å². The molecule has 6 nitrogen and oxygen atoms in total. The smallest absolute Gasteiger partial charge is 0.271 e. The summed E-state index contributed by atoms with van der Waals surface area (Å²) >= 11 is 1.35. The number of fused-ring (bicyclic) bond motifs is 2. The lowest BCUT2D eigenvalue weighted by atomic mass is 9.94. The number of thiazole rings is 1. The van der Waals surface area contributed by atoms with Crippen molar-refractivity contribution in [2.45, 2.75) is 33.4 Å². The van der Waals surface area contributed by atoms with E-state index in [1.54, 1.807) is 4.57 Å². The van der Waals surface area contributed by atoms with Crippen molar-refractivity contribution in [1.29, 1.82) is 0 Å². The molecular formula is C34H30N4O2S. The lowest BCUT2D eigenvalue weighted by molar-refractivity contribution is -0.113. The van der Waals surface area contributed by atoms with Crippen LogP contribution in [0.15, 0.2) is 113 Å². The van der Waals surface area contributed by atoms with Crippen molar-refractivity contribution in [1.82, 2.24) is 9.13 Å². The number of aromatic nitrogens is 2. The number of hydrogen-bond donors (Lipinski definition) is 1. The lowest BCUT2D eigenvalue weighted by Gasteiger charge is -2.25. The average Bonchev–Trinajstić information content (AvgIpc) is 3.42. The van der Waals surface area contributed by atoms with Crippen LogP contribution >= 0.6 is 11.3 Å². The molecule has 41 heavy (non-hydrogen) atoms. The molecule has 204 valence electrons. The summed E-state index contributed by atoms with van der Waals surface area (Å²) in [6.45, 7) is 10.5. The minimum atomic E-state index is -0.610. The summed E-state index contributed by atoms with van der Waals surface area (Å²) in [5.41, 5.74) is 6.67. The van der Waals surface area contributed by atoms with Crippen molar-refractivity contribution in [2.24, 2.45) is 4.99 Å². The monoisotopic (exact) mass is 558 g/mol. The molecule has 3 heterocycles. The maximum atomic E-state index is 14.2. The topological polar surface area (TPSA) is 68.4 Å². The summed E-state index contributed by atoms with van der Waals surface area (Å²) in [4.78, 5) is 33.3. The summed E-state index contributed by atoms with van der Waals surface area (Å²) < 4.78 is 4.45. The number of nitrogens with one attached hydrogen (secondary N) is 1. The molecular weight excluding hydrogens is 528 g/mol. The lowest BCUT2D eigenvalue weighted by Crippen LogP contribution is -2.40. The number of nitrogens with zero attached hydrogens (tertiary/aromatic N) is 3. The molecule has 1 aliphatic heterocycles. The molecule has 0 radical (unpaired) electrons. The van der Waals surface area contributed by atoms with Crippen molar-refractivity contribution in [3.05, 3.63) is 145 Å². The minimum absolute atomic E-state index is 0.170. The Hall–Kier alpha value is -4.75. The number of anilines is 1. The van der Waals surface area contributed by atoms with Gasteiger partial charge in [0.2, 0.25) is 0 Å². The number of para-hydroxylation sites is 2. The Morgan fingerprint density at radius 2 is 1.71 bits per heavy atom.